The molecule has 0 aromatic rings. The van der Waals surface area contributed by atoms with Crippen molar-refractivity contribution in [1.29, 1.82) is 0 Å². The maximum absolute atomic E-state index is 5.39. The average Bonchev–Trinajstić information content (AvgIpc) is 1.97. The van der Waals surface area contributed by atoms with Crippen molar-refractivity contribution >= 4 is 11.6 Å². The monoisotopic (exact) mass is 160 g/mol. The number of ether oxygens (including phenoxy) is 1. The molecule has 58 valence electrons. The van der Waals surface area contributed by atoms with Gasteiger partial charge in [0.1, 0.15) is 0 Å². The summed E-state index contributed by atoms with van der Waals surface area (Å²) in [4.78, 5) is 0. The van der Waals surface area contributed by atoms with Crippen molar-refractivity contribution in [3.8, 4) is 0 Å². The summed E-state index contributed by atoms with van der Waals surface area (Å²) in [6.07, 6.45) is 7.72. The first-order valence-corrected chi connectivity index (χ1v) is 3.85. The van der Waals surface area contributed by atoms with Crippen molar-refractivity contribution in [2.75, 3.05) is 19.1 Å². The van der Waals surface area contributed by atoms with E-state index < -0.39 is 0 Å². The van der Waals surface area contributed by atoms with Crippen LogP contribution in [0.4, 0.5) is 0 Å². The topological polar surface area (TPSA) is 9.23 Å². The molecule has 0 amide bonds. The van der Waals surface area contributed by atoms with Crippen LogP contribution >= 0.6 is 11.6 Å². The predicted molar refractivity (Wildman–Crippen MR) is 45.5 cm³/mol. The Labute approximate surface area is 67.3 Å². The normalized spacial score (nSPS) is 11.8. The van der Waals surface area contributed by atoms with E-state index in [1.807, 2.05) is 31.2 Å². The molecule has 0 atom stereocenters. The van der Waals surface area contributed by atoms with Crippen molar-refractivity contribution in [3.05, 3.63) is 24.3 Å². The quantitative estimate of drug-likeness (QED) is 0.341. The first kappa shape index (κ1) is 9.73. The molecule has 0 saturated carbocycles. The van der Waals surface area contributed by atoms with E-state index in [0.717, 1.165) is 0 Å². The van der Waals surface area contributed by atoms with Crippen molar-refractivity contribution in [1.82, 2.24) is 0 Å². The highest BCUT2D eigenvalue weighted by Gasteiger charge is 1.75. The minimum absolute atomic E-state index is 0.562. The second kappa shape index (κ2) is 8.73. The smallest absolute Gasteiger partial charge is 0.0652 e. The Bertz CT molecular complexity index is 108. The summed E-state index contributed by atoms with van der Waals surface area (Å²) in [5, 5.41) is 0. The van der Waals surface area contributed by atoms with Crippen LogP contribution in [0.2, 0.25) is 0 Å². The summed E-state index contributed by atoms with van der Waals surface area (Å²) < 4.78 is 5.14. The van der Waals surface area contributed by atoms with Gasteiger partial charge in [0, 0.05) is 5.88 Å². The molecule has 0 aromatic carbocycles. The molecular weight excluding hydrogens is 148 g/mol. The first-order valence-electron chi connectivity index (χ1n) is 3.31. The van der Waals surface area contributed by atoms with Crippen LogP contribution < -0.4 is 0 Å². The number of hydrogen-bond acceptors (Lipinski definition) is 1. The van der Waals surface area contributed by atoms with E-state index in [1.54, 1.807) is 0 Å². The zero-order chi connectivity index (χ0) is 7.66. The highest BCUT2D eigenvalue weighted by molar-refractivity contribution is 6.18. The molecule has 0 aliphatic rings. The van der Waals surface area contributed by atoms with Crippen molar-refractivity contribution in [2.24, 2.45) is 0 Å². The van der Waals surface area contributed by atoms with E-state index in [-0.39, 0.29) is 0 Å². The number of alkyl halides is 1. The molecular formula is C8H13ClO. The van der Waals surface area contributed by atoms with Gasteiger partial charge in [0.2, 0.25) is 0 Å². The molecule has 0 rings (SSSR count). The van der Waals surface area contributed by atoms with Gasteiger partial charge < -0.3 is 4.74 Å². The van der Waals surface area contributed by atoms with Crippen LogP contribution in [-0.4, -0.2) is 19.1 Å². The van der Waals surface area contributed by atoms with Crippen LogP contribution in [0.15, 0.2) is 24.3 Å². The fourth-order valence-corrected chi connectivity index (χ4v) is 0.557. The molecule has 0 aromatic heterocycles. The van der Waals surface area contributed by atoms with Crippen molar-refractivity contribution in [3.63, 3.8) is 0 Å². The van der Waals surface area contributed by atoms with Crippen molar-refractivity contribution in [2.45, 2.75) is 6.92 Å². The first-order chi connectivity index (χ1) is 4.91. The Morgan fingerprint density at radius 3 is 2.50 bits per heavy atom. The minimum atomic E-state index is 0.562. The molecule has 0 saturated heterocycles. The van der Waals surface area contributed by atoms with E-state index in [9.17, 15) is 0 Å². The van der Waals surface area contributed by atoms with Gasteiger partial charge in [-0.2, -0.15) is 0 Å². The molecule has 0 aliphatic heterocycles. The van der Waals surface area contributed by atoms with Gasteiger partial charge in [-0.15, -0.1) is 11.6 Å². The van der Waals surface area contributed by atoms with Gasteiger partial charge in [0.05, 0.1) is 13.2 Å². The number of halogens is 1. The highest BCUT2D eigenvalue weighted by Crippen LogP contribution is 1.81. The minimum Gasteiger partial charge on any atom is -0.373 e. The van der Waals surface area contributed by atoms with Crippen LogP contribution in [0.25, 0.3) is 0 Å². The SMILES string of the molecule is C/C=C/COC/C=C/CCl. The van der Waals surface area contributed by atoms with Crippen LogP contribution in [0.1, 0.15) is 6.92 Å². The maximum Gasteiger partial charge on any atom is 0.0652 e. The lowest BCUT2D eigenvalue weighted by molar-refractivity contribution is 0.194. The summed E-state index contributed by atoms with van der Waals surface area (Å²) in [5.74, 6) is 0.562. The van der Waals surface area contributed by atoms with E-state index in [4.69, 9.17) is 16.3 Å². The Morgan fingerprint density at radius 1 is 1.20 bits per heavy atom. The third kappa shape index (κ3) is 7.73. The third-order valence-corrected chi connectivity index (χ3v) is 1.10. The molecule has 0 N–H and O–H groups in total. The summed E-state index contributed by atoms with van der Waals surface area (Å²) in [7, 11) is 0. The largest absolute Gasteiger partial charge is 0.373 e. The molecule has 0 radical (unpaired) electrons. The zero-order valence-corrected chi connectivity index (χ0v) is 6.97. The lowest BCUT2D eigenvalue weighted by Gasteiger charge is -1.92. The number of allylic oxidation sites excluding steroid dienone is 2. The Kier molecular flexibility index (Phi) is 8.49. The van der Waals surface area contributed by atoms with E-state index in [2.05, 4.69) is 0 Å². The molecule has 2 heteroatoms. The molecule has 0 spiro atoms. The van der Waals surface area contributed by atoms with Gasteiger partial charge in [-0.25, -0.2) is 0 Å². The molecule has 0 bridgehead atoms. The van der Waals surface area contributed by atoms with Gasteiger partial charge in [0.25, 0.3) is 0 Å². The molecule has 0 unspecified atom stereocenters. The fourth-order valence-electron chi connectivity index (χ4n) is 0.431. The summed E-state index contributed by atoms with van der Waals surface area (Å²) >= 11 is 5.39. The second-order valence-electron chi connectivity index (χ2n) is 1.73. The average molecular weight is 161 g/mol. The predicted octanol–water partition coefficient (Wildman–Crippen LogP) is 2.37. The van der Waals surface area contributed by atoms with E-state index in [0.29, 0.717) is 19.1 Å². The molecule has 10 heavy (non-hydrogen) atoms. The van der Waals surface area contributed by atoms with Crippen LogP contribution in [0.3, 0.4) is 0 Å². The highest BCUT2D eigenvalue weighted by atomic mass is 35.5. The Morgan fingerprint density at radius 2 is 1.90 bits per heavy atom. The summed E-state index contributed by atoms with van der Waals surface area (Å²) in [6.45, 7) is 3.30. The Balaban J connectivity index is 2.97. The zero-order valence-electron chi connectivity index (χ0n) is 6.22. The standard InChI is InChI=1S/C8H13ClO/c1-2-3-7-10-8-5-4-6-9/h2-5H,6-8H2,1H3/b3-2+,5-4+. The maximum atomic E-state index is 5.39. The Hall–Kier alpha value is -0.270. The van der Waals surface area contributed by atoms with Gasteiger partial charge in [-0.3, -0.25) is 0 Å². The fraction of sp³-hybridized carbons (Fsp3) is 0.500. The lowest BCUT2D eigenvalue weighted by Crippen LogP contribution is -1.89. The molecule has 0 fully saturated rings. The lowest BCUT2D eigenvalue weighted by atomic mass is 10.5. The summed E-state index contributed by atoms with van der Waals surface area (Å²) in [6, 6.07) is 0. The number of hydrogen-bond donors (Lipinski definition) is 0. The van der Waals surface area contributed by atoms with Gasteiger partial charge in [0.15, 0.2) is 0 Å². The molecule has 1 nitrogen and oxygen atoms in total. The second-order valence-corrected chi connectivity index (χ2v) is 2.04. The van der Waals surface area contributed by atoms with Gasteiger partial charge >= 0.3 is 0 Å². The van der Waals surface area contributed by atoms with E-state index >= 15 is 0 Å². The van der Waals surface area contributed by atoms with Gasteiger partial charge in [-0.1, -0.05) is 24.3 Å². The molecule has 0 heterocycles. The van der Waals surface area contributed by atoms with Crippen LogP contribution in [0.5, 0.6) is 0 Å². The van der Waals surface area contributed by atoms with Gasteiger partial charge in [-0.05, 0) is 6.92 Å². The van der Waals surface area contributed by atoms with E-state index in [1.165, 1.54) is 0 Å². The summed E-state index contributed by atoms with van der Waals surface area (Å²) in [5.41, 5.74) is 0. The molecule has 0 aliphatic carbocycles. The number of rotatable bonds is 5. The van der Waals surface area contributed by atoms with Crippen molar-refractivity contribution < 1.29 is 4.74 Å². The third-order valence-electron chi connectivity index (χ3n) is 0.920. The van der Waals surface area contributed by atoms with Crippen LogP contribution in [-0.2, 0) is 4.74 Å². The van der Waals surface area contributed by atoms with Crippen LogP contribution in [0, 0.1) is 0 Å².